The van der Waals surface area contributed by atoms with Gasteiger partial charge in [0.25, 0.3) is 0 Å². The van der Waals surface area contributed by atoms with E-state index in [4.69, 9.17) is 0 Å². The van der Waals surface area contributed by atoms with Crippen LogP contribution in [0.1, 0.15) is 75.3 Å². The van der Waals surface area contributed by atoms with Crippen LogP contribution < -0.4 is 4.90 Å². The van der Waals surface area contributed by atoms with Crippen LogP contribution in [-0.4, -0.2) is 6.54 Å². The first-order valence-electron chi connectivity index (χ1n) is 11.3. The van der Waals surface area contributed by atoms with Gasteiger partial charge in [0.05, 0.1) is 5.54 Å². The van der Waals surface area contributed by atoms with Crippen LogP contribution in [0.2, 0.25) is 0 Å². The topological polar surface area (TPSA) is 3.24 Å². The number of hydrogen-bond acceptors (Lipinski definition) is 1. The van der Waals surface area contributed by atoms with Gasteiger partial charge >= 0.3 is 0 Å². The molecule has 1 atom stereocenters. The van der Waals surface area contributed by atoms with Gasteiger partial charge in [0.2, 0.25) is 0 Å². The van der Waals surface area contributed by atoms with Crippen LogP contribution in [-0.2, 0) is 17.4 Å². The van der Waals surface area contributed by atoms with Gasteiger partial charge in [-0.3, -0.25) is 0 Å². The highest BCUT2D eigenvalue weighted by Crippen LogP contribution is 2.44. The van der Waals surface area contributed by atoms with Crippen molar-refractivity contribution in [2.75, 3.05) is 11.4 Å². The first-order chi connectivity index (χ1) is 14.2. The van der Waals surface area contributed by atoms with Crippen molar-refractivity contribution in [2.24, 2.45) is 0 Å². The van der Waals surface area contributed by atoms with Crippen LogP contribution >= 0.6 is 0 Å². The predicted molar refractivity (Wildman–Crippen MR) is 130 cm³/mol. The minimum atomic E-state index is -0.187. The van der Waals surface area contributed by atoms with Crippen molar-refractivity contribution in [1.82, 2.24) is 0 Å². The Hall–Kier alpha value is -2.54. The van der Waals surface area contributed by atoms with Gasteiger partial charge in [-0.2, -0.15) is 0 Å². The Balaban J connectivity index is 1.83. The summed E-state index contributed by atoms with van der Waals surface area (Å²) in [6.07, 6.45) is 1.08. The van der Waals surface area contributed by atoms with Crippen molar-refractivity contribution in [3.63, 3.8) is 0 Å². The first kappa shape index (κ1) is 20.7. The Morgan fingerprint density at radius 3 is 2.07 bits per heavy atom. The lowest BCUT2D eigenvalue weighted by Crippen LogP contribution is -2.49. The highest BCUT2D eigenvalue weighted by atomic mass is 15.2. The van der Waals surface area contributed by atoms with E-state index in [-0.39, 0.29) is 11.0 Å². The van der Waals surface area contributed by atoms with E-state index in [9.17, 15) is 0 Å². The SMILES string of the molecule is CC(C)c1ccc(C2(C)c3ccccc3CCN2c2ccc(C(C)(C)C)cc2)cc1. The highest BCUT2D eigenvalue weighted by molar-refractivity contribution is 5.60. The van der Waals surface area contributed by atoms with Crippen LogP contribution in [0.5, 0.6) is 0 Å². The summed E-state index contributed by atoms with van der Waals surface area (Å²) in [4.78, 5) is 2.60. The van der Waals surface area contributed by atoms with Gasteiger partial charge in [-0.1, -0.05) is 95.3 Å². The summed E-state index contributed by atoms with van der Waals surface area (Å²) in [5, 5.41) is 0. The molecule has 1 unspecified atom stereocenters. The third-order valence-electron chi connectivity index (χ3n) is 6.87. The van der Waals surface area contributed by atoms with Crippen LogP contribution in [0, 0.1) is 0 Å². The molecule has 0 saturated heterocycles. The summed E-state index contributed by atoms with van der Waals surface area (Å²) in [6, 6.07) is 27.5. The molecule has 0 radical (unpaired) electrons. The maximum atomic E-state index is 2.60. The monoisotopic (exact) mass is 397 g/mol. The molecule has 4 rings (SSSR count). The van der Waals surface area contributed by atoms with Crippen LogP contribution in [0.3, 0.4) is 0 Å². The molecule has 1 nitrogen and oxygen atoms in total. The lowest BCUT2D eigenvalue weighted by atomic mass is 9.76. The number of benzene rings is 3. The Morgan fingerprint density at radius 1 is 0.833 bits per heavy atom. The van der Waals surface area contributed by atoms with E-state index in [1.54, 1.807) is 0 Å². The van der Waals surface area contributed by atoms with Crippen molar-refractivity contribution in [2.45, 2.75) is 64.8 Å². The average Bonchev–Trinajstić information content (AvgIpc) is 2.74. The fourth-order valence-corrected chi connectivity index (χ4v) is 4.85. The van der Waals surface area contributed by atoms with Crippen molar-refractivity contribution < 1.29 is 0 Å². The molecule has 3 aromatic rings. The Kier molecular flexibility index (Phi) is 5.26. The Bertz CT molecular complexity index is 1010. The maximum Gasteiger partial charge on any atom is 0.0880 e. The molecule has 30 heavy (non-hydrogen) atoms. The summed E-state index contributed by atoms with van der Waals surface area (Å²) in [6.45, 7) is 14.8. The molecule has 1 aliphatic heterocycles. The van der Waals surface area contributed by atoms with Gasteiger partial charge < -0.3 is 4.90 Å². The number of nitrogens with zero attached hydrogens (tertiary/aromatic N) is 1. The van der Waals surface area contributed by atoms with Gasteiger partial charge in [0.1, 0.15) is 0 Å². The maximum absolute atomic E-state index is 2.60. The molecule has 1 heterocycles. The Labute approximate surface area is 182 Å². The van der Waals surface area contributed by atoms with Gasteiger partial charge in [-0.05, 0) is 64.6 Å². The van der Waals surface area contributed by atoms with Crippen molar-refractivity contribution in [1.29, 1.82) is 0 Å². The van der Waals surface area contributed by atoms with Crippen LogP contribution in [0.25, 0.3) is 0 Å². The molecule has 0 aliphatic carbocycles. The second-order valence-electron chi connectivity index (χ2n) is 10.2. The molecule has 0 amide bonds. The third-order valence-corrected chi connectivity index (χ3v) is 6.87. The summed E-state index contributed by atoms with van der Waals surface area (Å²) in [5.41, 5.74) is 8.31. The van der Waals surface area contributed by atoms with E-state index in [1.807, 2.05) is 0 Å². The molecule has 0 spiro atoms. The number of anilines is 1. The Morgan fingerprint density at radius 2 is 1.47 bits per heavy atom. The molecule has 0 aromatic heterocycles. The minimum absolute atomic E-state index is 0.170. The largest absolute Gasteiger partial charge is 0.358 e. The summed E-state index contributed by atoms with van der Waals surface area (Å²) in [5.74, 6) is 0.548. The second kappa shape index (κ2) is 7.61. The van der Waals surface area contributed by atoms with Crippen molar-refractivity contribution in [3.05, 3.63) is 101 Å². The quantitative estimate of drug-likeness (QED) is 0.444. The summed E-state index contributed by atoms with van der Waals surface area (Å²) < 4.78 is 0. The molecule has 0 bridgehead atoms. The van der Waals surface area contributed by atoms with Crippen molar-refractivity contribution >= 4 is 5.69 Å². The molecule has 156 valence electrons. The lowest BCUT2D eigenvalue weighted by molar-refractivity contribution is 0.489. The van der Waals surface area contributed by atoms with E-state index in [0.717, 1.165) is 13.0 Å². The number of hydrogen-bond donors (Lipinski definition) is 0. The van der Waals surface area contributed by atoms with Gasteiger partial charge in [0.15, 0.2) is 0 Å². The van der Waals surface area contributed by atoms with Gasteiger partial charge in [-0.25, -0.2) is 0 Å². The zero-order valence-corrected chi connectivity index (χ0v) is 19.4. The van der Waals surface area contributed by atoms with Gasteiger partial charge in [-0.15, -0.1) is 0 Å². The molecule has 1 aliphatic rings. The molecular weight excluding hydrogens is 362 g/mol. The molecule has 1 heteroatoms. The van der Waals surface area contributed by atoms with Crippen LogP contribution in [0.4, 0.5) is 5.69 Å². The molecular formula is C29H35N. The number of rotatable bonds is 3. The minimum Gasteiger partial charge on any atom is -0.358 e. The highest BCUT2D eigenvalue weighted by Gasteiger charge is 2.40. The lowest BCUT2D eigenvalue weighted by Gasteiger charge is -2.48. The van der Waals surface area contributed by atoms with Crippen molar-refractivity contribution in [3.8, 4) is 0 Å². The van der Waals surface area contributed by atoms with E-state index < -0.39 is 0 Å². The zero-order chi connectivity index (χ0) is 21.5. The fourth-order valence-electron chi connectivity index (χ4n) is 4.85. The second-order valence-corrected chi connectivity index (χ2v) is 10.2. The van der Waals surface area contributed by atoms with E-state index >= 15 is 0 Å². The first-order valence-corrected chi connectivity index (χ1v) is 11.3. The molecule has 0 N–H and O–H groups in total. The fraction of sp³-hybridized carbons (Fsp3) is 0.379. The van der Waals surface area contributed by atoms with Gasteiger partial charge in [0, 0.05) is 12.2 Å². The van der Waals surface area contributed by atoms with E-state index in [1.165, 1.54) is 33.5 Å². The third kappa shape index (κ3) is 3.55. The standard InChI is InChI=1S/C29H35N/c1-21(2)22-11-13-25(14-12-22)29(6)27-10-8-7-9-23(27)19-20-30(29)26-17-15-24(16-18-26)28(3,4)5/h7-18,21H,19-20H2,1-6H3. The molecule has 0 fully saturated rings. The van der Waals surface area contributed by atoms with E-state index in [2.05, 4.69) is 119 Å². The average molecular weight is 398 g/mol. The summed E-state index contributed by atoms with van der Waals surface area (Å²) in [7, 11) is 0. The zero-order valence-electron chi connectivity index (χ0n) is 19.4. The smallest absolute Gasteiger partial charge is 0.0880 e. The number of fused-ring (bicyclic) bond motifs is 1. The molecule has 3 aromatic carbocycles. The van der Waals surface area contributed by atoms with Crippen LogP contribution in [0.15, 0.2) is 72.8 Å². The van der Waals surface area contributed by atoms with E-state index in [0.29, 0.717) is 5.92 Å². The summed E-state index contributed by atoms with van der Waals surface area (Å²) >= 11 is 0. The normalized spacial score (nSPS) is 19.1. The predicted octanol–water partition coefficient (Wildman–Crippen LogP) is 7.43. The molecule has 0 saturated carbocycles.